The predicted octanol–water partition coefficient (Wildman–Crippen LogP) is 14.7. The summed E-state index contributed by atoms with van der Waals surface area (Å²) in [5.41, 5.74) is 14.1. The molecule has 4 aromatic heterocycles. The van der Waals surface area contributed by atoms with Gasteiger partial charge in [0.15, 0.2) is 0 Å². The fraction of sp³-hybridized carbons (Fsp3) is 0. The zero-order valence-electron chi connectivity index (χ0n) is 36.4. The quantitative estimate of drug-likeness (QED) is 0.142. The van der Waals surface area contributed by atoms with E-state index in [1.807, 2.05) is 0 Å². The maximum absolute atomic E-state index is 2.53. The molecule has 0 saturated carbocycles. The topological polar surface area (TPSA) is 19.7 Å². The Bertz CT molecular complexity index is 4050. The van der Waals surface area contributed by atoms with Crippen molar-refractivity contribution in [2.75, 3.05) is 0 Å². The van der Waals surface area contributed by atoms with Crippen LogP contribution < -0.4 is 15.9 Å². The third kappa shape index (κ3) is 5.77. The Hall–Kier alpha value is -8.43. The van der Waals surface area contributed by atoms with Crippen LogP contribution in [0.15, 0.2) is 249 Å². The molecule has 4 nitrogen and oxygen atoms in total. The first kappa shape index (κ1) is 37.9. The molecular weight excluding hydrogens is 832 g/mol. The number of benzene rings is 10. The Balaban J connectivity index is 1.01. The van der Waals surface area contributed by atoms with Crippen LogP contribution in [0.3, 0.4) is 0 Å². The van der Waals surface area contributed by atoms with Crippen LogP contribution >= 0.6 is 7.92 Å². The zero-order valence-corrected chi connectivity index (χ0v) is 37.3. The molecule has 67 heavy (non-hydrogen) atoms. The molecule has 0 unspecified atom stereocenters. The minimum absolute atomic E-state index is 0.839. The van der Waals surface area contributed by atoms with E-state index >= 15 is 0 Å². The maximum Gasteiger partial charge on any atom is 0.0803 e. The van der Waals surface area contributed by atoms with E-state index in [-0.39, 0.29) is 0 Å². The third-order valence-electron chi connectivity index (χ3n) is 13.7. The average Bonchev–Trinajstić information content (AvgIpc) is 4.12. The first-order valence-electron chi connectivity index (χ1n) is 22.9. The van der Waals surface area contributed by atoms with Crippen LogP contribution in [-0.4, -0.2) is 18.3 Å². The Morgan fingerprint density at radius 1 is 0.209 bits per heavy atom. The molecule has 4 heterocycles. The predicted molar refractivity (Wildman–Crippen MR) is 285 cm³/mol. The summed E-state index contributed by atoms with van der Waals surface area (Å²) in [4.78, 5) is 0. The van der Waals surface area contributed by atoms with E-state index in [0.29, 0.717) is 0 Å². The van der Waals surface area contributed by atoms with Crippen LogP contribution in [0.25, 0.3) is 99.2 Å². The number of hydrogen-bond donors (Lipinski definition) is 0. The normalized spacial score (nSPS) is 12.0. The number of hydrogen-bond acceptors (Lipinski definition) is 0. The second-order valence-electron chi connectivity index (χ2n) is 17.4. The fourth-order valence-corrected chi connectivity index (χ4v) is 13.2. The van der Waals surface area contributed by atoms with Gasteiger partial charge in [-0.2, -0.15) is 0 Å². The van der Waals surface area contributed by atoms with Crippen LogP contribution in [0.4, 0.5) is 0 Å². The van der Waals surface area contributed by atoms with Crippen molar-refractivity contribution in [3.05, 3.63) is 249 Å². The summed E-state index contributed by atoms with van der Waals surface area (Å²) >= 11 is 0. The second kappa shape index (κ2) is 15.1. The number of para-hydroxylation sites is 5. The lowest BCUT2D eigenvalue weighted by Gasteiger charge is -2.20. The SMILES string of the molecule is c1ccc(P(c2ccccc2)c2ccc3c(c2)n(-c2ccc(-n4c5ccccc5c5ccccc54)cc2)c2c4ccccc4n(-c4ccc(-n5c6ccccc6c6ccccc65)cc4)c32)cc1. The van der Waals surface area contributed by atoms with Crippen molar-refractivity contribution >= 4 is 100 Å². The van der Waals surface area contributed by atoms with Crippen LogP contribution in [0.2, 0.25) is 0 Å². The highest BCUT2D eigenvalue weighted by Gasteiger charge is 2.25. The molecule has 0 N–H and O–H groups in total. The molecule has 0 spiro atoms. The second-order valence-corrected chi connectivity index (χ2v) is 19.6. The van der Waals surface area contributed by atoms with Crippen LogP contribution in [0, 0.1) is 0 Å². The molecule has 0 aliphatic rings. The first-order chi connectivity index (χ1) is 33.3. The summed E-state index contributed by atoms with van der Waals surface area (Å²) in [5.74, 6) is 0. The van der Waals surface area contributed by atoms with Gasteiger partial charge in [-0.15, -0.1) is 0 Å². The van der Waals surface area contributed by atoms with Crippen LogP contribution in [0.5, 0.6) is 0 Å². The molecule has 0 fully saturated rings. The molecule has 0 aliphatic carbocycles. The van der Waals surface area contributed by atoms with Gasteiger partial charge in [0.1, 0.15) is 0 Å². The highest BCUT2D eigenvalue weighted by atomic mass is 31.1. The molecule has 10 aromatic carbocycles. The summed E-state index contributed by atoms with van der Waals surface area (Å²) in [5, 5.41) is 11.4. The Labute approximate surface area is 388 Å². The third-order valence-corrected chi connectivity index (χ3v) is 16.2. The molecule has 314 valence electrons. The summed E-state index contributed by atoms with van der Waals surface area (Å²) in [6.07, 6.45) is 0. The molecule has 0 bridgehead atoms. The first-order valence-corrected chi connectivity index (χ1v) is 24.3. The van der Waals surface area contributed by atoms with Gasteiger partial charge in [0, 0.05) is 55.1 Å². The van der Waals surface area contributed by atoms with Gasteiger partial charge in [0.05, 0.1) is 44.1 Å². The van der Waals surface area contributed by atoms with Crippen molar-refractivity contribution in [3.63, 3.8) is 0 Å². The van der Waals surface area contributed by atoms with Crippen LogP contribution in [-0.2, 0) is 0 Å². The van der Waals surface area contributed by atoms with Crippen molar-refractivity contribution in [1.82, 2.24) is 18.3 Å². The van der Waals surface area contributed by atoms with E-state index in [1.165, 1.54) is 92.4 Å². The zero-order chi connectivity index (χ0) is 44.0. The van der Waals surface area contributed by atoms with Gasteiger partial charge in [-0.3, -0.25) is 0 Å². The molecular formula is C62H41N4P. The Morgan fingerprint density at radius 3 is 0.910 bits per heavy atom. The Morgan fingerprint density at radius 2 is 0.507 bits per heavy atom. The van der Waals surface area contributed by atoms with Gasteiger partial charge in [0.2, 0.25) is 0 Å². The number of rotatable bonds is 7. The van der Waals surface area contributed by atoms with Crippen molar-refractivity contribution in [1.29, 1.82) is 0 Å². The Kier molecular flexibility index (Phi) is 8.52. The monoisotopic (exact) mass is 872 g/mol. The number of aromatic nitrogens is 4. The van der Waals surface area contributed by atoms with Gasteiger partial charge in [0.25, 0.3) is 0 Å². The van der Waals surface area contributed by atoms with Crippen molar-refractivity contribution in [2.45, 2.75) is 0 Å². The standard InChI is InChI=1S/C62H41N4P/c1-3-17-46(18-4-1)67(47-19-5-2-6-20-47)48-39-40-54-60(41-48)66(45-37-33-43(34-38-45)64-57-28-14-9-23-51(57)52-24-10-15-29-58(52)64)61-53-25-11-16-30-59(53)65(62(54)61)44-35-31-42(32-36-44)63-55-26-12-7-21-49(55)50-22-8-13-27-56(50)63/h1-41H. The lowest BCUT2D eigenvalue weighted by atomic mass is 10.2. The summed E-state index contributed by atoms with van der Waals surface area (Å²) in [7, 11) is -0.839. The largest absolute Gasteiger partial charge is 0.309 e. The summed E-state index contributed by atoms with van der Waals surface area (Å²) < 4.78 is 9.81. The highest BCUT2D eigenvalue weighted by molar-refractivity contribution is 7.79. The van der Waals surface area contributed by atoms with Crippen molar-refractivity contribution < 1.29 is 0 Å². The molecule has 0 atom stereocenters. The van der Waals surface area contributed by atoms with E-state index in [9.17, 15) is 0 Å². The van der Waals surface area contributed by atoms with E-state index in [2.05, 4.69) is 267 Å². The van der Waals surface area contributed by atoms with Gasteiger partial charge in [-0.25, -0.2) is 0 Å². The highest BCUT2D eigenvalue weighted by Crippen LogP contribution is 2.43. The van der Waals surface area contributed by atoms with Crippen LogP contribution in [0.1, 0.15) is 0 Å². The van der Waals surface area contributed by atoms with E-state index in [1.54, 1.807) is 0 Å². The molecule has 0 saturated heterocycles. The van der Waals surface area contributed by atoms with Gasteiger partial charge in [-0.05, 0) is 109 Å². The lowest BCUT2D eigenvalue weighted by molar-refractivity contribution is 1.14. The molecule has 5 heteroatoms. The number of nitrogens with zero attached hydrogens (tertiary/aromatic N) is 4. The minimum Gasteiger partial charge on any atom is -0.309 e. The molecule has 14 aromatic rings. The molecule has 14 rings (SSSR count). The fourth-order valence-electron chi connectivity index (χ4n) is 10.9. The van der Waals surface area contributed by atoms with E-state index < -0.39 is 7.92 Å². The van der Waals surface area contributed by atoms with E-state index in [0.717, 1.165) is 22.7 Å². The minimum atomic E-state index is -0.839. The van der Waals surface area contributed by atoms with Crippen molar-refractivity contribution in [2.24, 2.45) is 0 Å². The van der Waals surface area contributed by atoms with Gasteiger partial charge >= 0.3 is 0 Å². The smallest absolute Gasteiger partial charge is 0.0803 e. The number of fused-ring (bicyclic) bond motifs is 11. The van der Waals surface area contributed by atoms with Gasteiger partial charge in [-0.1, -0.05) is 164 Å². The summed E-state index contributed by atoms with van der Waals surface area (Å²) in [6.45, 7) is 0. The molecule has 0 radical (unpaired) electrons. The van der Waals surface area contributed by atoms with Crippen molar-refractivity contribution in [3.8, 4) is 22.7 Å². The maximum atomic E-state index is 2.53. The average molecular weight is 873 g/mol. The summed E-state index contributed by atoms with van der Waals surface area (Å²) in [6, 6.07) is 91.6. The lowest BCUT2D eigenvalue weighted by Crippen LogP contribution is -2.20. The molecule has 0 amide bonds. The van der Waals surface area contributed by atoms with Gasteiger partial charge < -0.3 is 18.3 Å². The van der Waals surface area contributed by atoms with E-state index in [4.69, 9.17) is 0 Å². The molecule has 0 aliphatic heterocycles.